The molecular weight excluding hydrogens is 397 g/mol. The second-order valence-corrected chi connectivity index (χ2v) is 7.48. The normalized spacial score (nSPS) is 12.5. The fraction of sp³-hybridized carbons (Fsp3) is 0.250. The van der Waals surface area contributed by atoms with E-state index in [-0.39, 0.29) is 11.6 Å². The molecule has 0 atom stereocenters. The maximum Gasteiger partial charge on any atom is 0.331 e. The van der Waals surface area contributed by atoms with Crippen molar-refractivity contribution in [3.8, 4) is 0 Å². The van der Waals surface area contributed by atoms with Crippen LogP contribution in [0.4, 0.5) is 24.9 Å². The van der Waals surface area contributed by atoms with Gasteiger partial charge in [0.1, 0.15) is 11.5 Å². The van der Waals surface area contributed by atoms with Crippen LogP contribution in [0.1, 0.15) is 36.6 Å². The average Bonchev–Trinajstić information content (AvgIpc) is 3.28. The van der Waals surface area contributed by atoms with E-state index < -0.39 is 28.7 Å². The summed E-state index contributed by atoms with van der Waals surface area (Å²) in [6.07, 6.45) is 0. The van der Waals surface area contributed by atoms with Crippen molar-refractivity contribution in [3.05, 3.63) is 71.1 Å². The number of halogens is 3. The molecule has 3 aromatic heterocycles. The van der Waals surface area contributed by atoms with Gasteiger partial charge in [0.25, 0.3) is 0 Å². The van der Waals surface area contributed by atoms with E-state index in [1.54, 1.807) is 32.9 Å². The van der Waals surface area contributed by atoms with Crippen LogP contribution >= 0.6 is 0 Å². The van der Waals surface area contributed by atoms with Crippen molar-refractivity contribution in [2.45, 2.75) is 32.3 Å². The molecule has 0 spiro atoms. The summed E-state index contributed by atoms with van der Waals surface area (Å²) in [4.78, 5) is 8.07. The molecule has 0 bridgehead atoms. The van der Waals surface area contributed by atoms with Gasteiger partial charge in [-0.15, -0.1) is 0 Å². The highest BCUT2D eigenvalue weighted by Gasteiger charge is 2.39. The van der Waals surface area contributed by atoms with Crippen LogP contribution in [0, 0.1) is 12.7 Å². The molecule has 0 unspecified atom stereocenters. The predicted octanol–water partition coefficient (Wildman–Crippen LogP) is 4.01. The Hall–Kier alpha value is -3.40. The van der Waals surface area contributed by atoms with Gasteiger partial charge in [0.05, 0.1) is 11.3 Å². The van der Waals surface area contributed by atoms with E-state index >= 15 is 8.78 Å². The second kappa shape index (κ2) is 6.84. The lowest BCUT2D eigenvalue weighted by molar-refractivity contribution is 0.0329. The molecule has 4 rings (SSSR count). The third-order valence-corrected chi connectivity index (χ3v) is 4.56. The van der Waals surface area contributed by atoms with Crippen LogP contribution in [0.25, 0.3) is 5.65 Å². The predicted molar refractivity (Wildman–Crippen MR) is 104 cm³/mol. The molecule has 0 aliphatic heterocycles. The molecule has 30 heavy (non-hydrogen) atoms. The molecule has 0 fully saturated rings. The minimum Gasteiger partial charge on any atom is -0.384 e. The Bertz CT molecular complexity index is 1210. The molecule has 0 radical (unpaired) electrons. The van der Waals surface area contributed by atoms with E-state index in [0.29, 0.717) is 11.5 Å². The van der Waals surface area contributed by atoms with Crippen LogP contribution in [0.5, 0.6) is 0 Å². The Morgan fingerprint density at radius 1 is 1.07 bits per heavy atom. The molecule has 0 saturated heterocycles. The van der Waals surface area contributed by atoms with Gasteiger partial charge in [0.15, 0.2) is 5.82 Å². The number of aryl methyl sites for hydroxylation is 1. The van der Waals surface area contributed by atoms with E-state index in [1.165, 1.54) is 10.5 Å². The number of aliphatic hydroxyl groups is 1. The molecule has 0 aliphatic rings. The zero-order valence-corrected chi connectivity index (χ0v) is 16.4. The number of alkyl halides is 2. The van der Waals surface area contributed by atoms with E-state index in [0.717, 1.165) is 30.0 Å². The van der Waals surface area contributed by atoms with Gasteiger partial charge in [-0.1, -0.05) is 0 Å². The summed E-state index contributed by atoms with van der Waals surface area (Å²) in [5.41, 5.74) is -0.397. The first kappa shape index (κ1) is 19.9. The van der Waals surface area contributed by atoms with Crippen molar-refractivity contribution in [2.75, 3.05) is 5.32 Å². The van der Waals surface area contributed by atoms with Gasteiger partial charge in [-0.3, -0.25) is 9.50 Å². The summed E-state index contributed by atoms with van der Waals surface area (Å²) in [7, 11) is 0. The monoisotopic (exact) mass is 416 g/mol. The van der Waals surface area contributed by atoms with Crippen molar-refractivity contribution in [2.24, 2.45) is 0 Å². The molecule has 3 heterocycles. The van der Waals surface area contributed by atoms with Crippen LogP contribution in [0.15, 0.2) is 42.5 Å². The standard InChI is InChI=1S/C20H19F3N6O/c1-11-10-15(28-27-11)24-18-26-17(20(22,23)12-4-6-13(21)7-5-12)25-16-9-8-14(29(16)18)19(2,3)30/h4-10,30H,1-3H3,(H2,24,25,26,27,28). The molecule has 10 heteroatoms. The van der Waals surface area contributed by atoms with Crippen molar-refractivity contribution in [1.29, 1.82) is 0 Å². The summed E-state index contributed by atoms with van der Waals surface area (Å²) in [5.74, 6) is -4.60. The lowest BCUT2D eigenvalue weighted by atomic mass is 10.1. The topological polar surface area (TPSA) is 91.1 Å². The number of aromatic amines is 1. The molecule has 0 saturated carbocycles. The number of hydrogen-bond acceptors (Lipinski definition) is 5. The fourth-order valence-corrected chi connectivity index (χ4v) is 3.11. The molecule has 3 N–H and O–H groups in total. The molecule has 4 aromatic rings. The van der Waals surface area contributed by atoms with E-state index in [9.17, 15) is 9.50 Å². The minimum absolute atomic E-state index is 0.00501. The molecule has 156 valence electrons. The van der Waals surface area contributed by atoms with Crippen LogP contribution in [0.3, 0.4) is 0 Å². The largest absolute Gasteiger partial charge is 0.384 e. The number of fused-ring (bicyclic) bond motifs is 1. The zero-order chi connectivity index (χ0) is 21.7. The van der Waals surface area contributed by atoms with Crippen molar-refractivity contribution in [3.63, 3.8) is 0 Å². The molecular formula is C20H19F3N6O. The highest BCUT2D eigenvalue weighted by molar-refractivity contribution is 5.56. The maximum atomic E-state index is 15.2. The highest BCUT2D eigenvalue weighted by atomic mass is 19.3. The minimum atomic E-state index is -3.58. The first-order chi connectivity index (χ1) is 14.1. The lowest BCUT2D eigenvalue weighted by Crippen LogP contribution is -2.24. The number of nitrogens with one attached hydrogen (secondary N) is 2. The second-order valence-electron chi connectivity index (χ2n) is 7.48. The van der Waals surface area contributed by atoms with Crippen molar-refractivity contribution in [1.82, 2.24) is 24.6 Å². The number of aromatic nitrogens is 5. The Morgan fingerprint density at radius 3 is 2.37 bits per heavy atom. The molecule has 7 nitrogen and oxygen atoms in total. The lowest BCUT2D eigenvalue weighted by Gasteiger charge is -2.21. The number of benzene rings is 1. The fourth-order valence-electron chi connectivity index (χ4n) is 3.11. The first-order valence-corrected chi connectivity index (χ1v) is 9.11. The number of anilines is 2. The first-order valence-electron chi connectivity index (χ1n) is 9.11. The van der Waals surface area contributed by atoms with Gasteiger partial charge in [-0.05, 0) is 57.2 Å². The van der Waals surface area contributed by atoms with E-state index in [4.69, 9.17) is 0 Å². The van der Waals surface area contributed by atoms with Crippen LogP contribution < -0.4 is 5.32 Å². The van der Waals surface area contributed by atoms with Crippen LogP contribution in [-0.4, -0.2) is 29.7 Å². The third-order valence-electron chi connectivity index (χ3n) is 4.56. The van der Waals surface area contributed by atoms with E-state index in [1.807, 2.05) is 0 Å². The van der Waals surface area contributed by atoms with Crippen molar-refractivity contribution < 1.29 is 18.3 Å². The molecule has 1 aromatic carbocycles. The van der Waals surface area contributed by atoms with Gasteiger partial charge < -0.3 is 10.4 Å². The Balaban J connectivity index is 1.91. The Kier molecular flexibility index (Phi) is 4.53. The average molecular weight is 416 g/mol. The van der Waals surface area contributed by atoms with Gasteiger partial charge in [-0.2, -0.15) is 18.9 Å². The summed E-state index contributed by atoms with van der Waals surface area (Å²) < 4.78 is 44.9. The summed E-state index contributed by atoms with van der Waals surface area (Å²) in [5, 5.41) is 20.2. The van der Waals surface area contributed by atoms with Gasteiger partial charge >= 0.3 is 5.92 Å². The SMILES string of the molecule is Cc1cc(Nc2nc(C(F)(F)c3ccc(F)cc3)nc3ccc(C(C)(C)O)n23)n[nH]1. The van der Waals surface area contributed by atoms with Gasteiger partial charge in [-0.25, -0.2) is 9.37 Å². The van der Waals surface area contributed by atoms with Gasteiger partial charge in [0, 0.05) is 17.3 Å². The van der Waals surface area contributed by atoms with Crippen LogP contribution in [0.2, 0.25) is 0 Å². The summed E-state index contributed by atoms with van der Waals surface area (Å²) in [6, 6.07) is 8.68. The zero-order valence-electron chi connectivity index (χ0n) is 16.4. The van der Waals surface area contributed by atoms with Gasteiger partial charge in [0.2, 0.25) is 11.8 Å². The number of rotatable bonds is 5. The van der Waals surface area contributed by atoms with Crippen molar-refractivity contribution >= 4 is 17.4 Å². The summed E-state index contributed by atoms with van der Waals surface area (Å²) >= 11 is 0. The number of hydrogen-bond donors (Lipinski definition) is 3. The smallest absolute Gasteiger partial charge is 0.331 e. The molecule has 0 amide bonds. The summed E-state index contributed by atoms with van der Waals surface area (Å²) in [6.45, 7) is 4.93. The highest BCUT2D eigenvalue weighted by Crippen LogP contribution is 2.35. The van der Waals surface area contributed by atoms with E-state index in [2.05, 4.69) is 25.5 Å². The number of nitrogens with zero attached hydrogens (tertiary/aromatic N) is 4. The Labute approximate surface area is 169 Å². The maximum absolute atomic E-state index is 15.2. The van der Waals surface area contributed by atoms with Crippen LogP contribution in [-0.2, 0) is 11.5 Å². The Morgan fingerprint density at radius 2 is 1.77 bits per heavy atom. The number of H-pyrrole nitrogens is 1. The quantitative estimate of drug-likeness (QED) is 0.457. The third kappa shape index (κ3) is 3.50. The molecule has 0 aliphatic carbocycles.